The van der Waals surface area contributed by atoms with Crippen LogP contribution in [-0.2, 0) is 0 Å². The minimum atomic E-state index is -0.957. The molecule has 90 valence electrons. The summed E-state index contributed by atoms with van der Waals surface area (Å²) in [6.45, 7) is 0. The Labute approximate surface area is 100 Å². The van der Waals surface area contributed by atoms with Crippen LogP contribution in [0.25, 0.3) is 16.9 Å². The van der Waals surface area contributed by atoms with E-state index in [-0.39, 0.29) is 11.3 Å². The molecule has 0 atom stereocenters. The highest BCUT2D eigenvalue weighted by molar-refractivity contribution is 5.63. The number of aromatic nitrogens is 2. The Balaban J connectivity index is 2.22. The Bertz CT molecular complexity index is 734. The van der Waals surface area contributed by atoms with Gasteiger partial charge < -0.3 is 4.40 Å². The molecular weight excluding hydrogens is 241 g/mol. The van der Waals surface area contributed by atoms with Crippen LogP contribution in [0.5, 0.6) is 0 Å². The quantitative estimate of drug-likeness (QED) is 0.645. The van der Waals surface area contributed by atoms with Gasteiger partial charge in [-0.1, -0.05) is 6.07 Å². The molecule has 2 heterocycles. The fraction of sp³-hybridized carbons (Fsp3) is 0. The Morgan fingerprint density at radius 3 is 2.61 bits per heavy atom. The summed E-state index contributed by atoms with van der Waals surface area (Å²) in [6.07, 6.45) is 2.68. The molecule has 3 rings (SSSR count). The molecule has 0 aliphatic rings. The summed E-state index contributed by atoms with van der Waals surface area (Å²) in [5.74, 6) is -2.32. The van der Waals surface area contributed by atoms with Crippen molar-refractivity contribution >= 4 is 5.65 Å². The zero-order chi connectivity index (χ0) is 12.7. The van der Waals surface area contributed by atoms with Crippen LogP contribution < -0.4 is 0 Å². The summed E-state index contributed by atoms with van der Waals surface area (Å²) in [5, 5.41) is 0. The average molecular weight is 248 g/mol. The molecule has 0 unspecified atom stereocenters. The highest BCUT2D eigenvalue weighted by Gasteiger charge is 2.12. The molecule has 0 fully saturated rings. The number of hydrogen-bond donors (Lipinski definition) is 0. The first-order chi connectivity index (χ1) is 8.65. The summed E-state index contributed by atoms with van der Waals surface area (Å²) in [6, 6.07) is 6.59. The lowest BCUT2D eigenvalue weighted by Crippen LogP contribution is -1.88. The van der Waals surface area contributed by atoms with E-state index in [0.717, 1.165) is 6.07 Å². The molecule has 0 N–H and O–H groups in total. The second-order valence-electron chi connectivity index (χ2n) is 3.84. The number of pyridine rings is 1. The van der Waals surface area contributed by atoms with Crippen molar-refractivity contribution in [3.63, 3.8) is 0 Å². The minimum absolute atomic E-state index is 0.0547. The predicted octanol–water partition coefficient (Wildman–Crippen LogP) is 3.42. The van der Waals surface area contributed by atoms with Gasteiger partial charge in [-0.3, -0.25) is 0 Å². The van der Waals surface area contributed by atoms with Gasteiger partial charge >= 0.3 is 0 Å². The number of fused-ring (bicyclic) bond motifs is 1. The molecule has 3 aromatic rings. The molecule has 0 spiro atoms. The van der Waals surface area contributed by atoms with Gasteiger partial charge in [-0.15, -0.1) is 0 Å². The van der Waals surface area contributed by atoms with Gasteiger partial charge in [0.1, 0.15) is 11.5 Å². The van der Waals surface area contributed by atoms with Gasteiger partial charge in [0.15, 0.2) is 11.6 Å². The molecule has 0 aliphatic carbocycles. The predicted molar refractivity (Wildman–Crippen MR) is 60.5 cm³/mol. The van der Waals surface area contributed by atoms with Gasteiger partial charge in [-0.05, 0) is 24.3 Å². The monoisotopic (exact) mass is 248 g/mol. The van der Waals surface area contributed by atoms with Gasteiger partial charge in [0.2, 0.25) is 0 Å². The second kappa shape index (κ2) is 3.87. The van der Waals surface area contributed by atoms with E-state index in [0.29, 0.717) is 5.65 Å². The van der Waals surface area contributed by atoms with E-state index in [4.69, 9.17) is 0 Å². The zero-order valence-electron chi connectivity index (χ0n) is 9.07. The number of nitrogens with zero attached hydrogens (tertiary/aromatic N) is 2. The standard InChI is InChI=1S/C13H7F3N2/c14-8-4-5-12-17-11(7-18(12)6-8)9-2-1-3-10(15)13(9)16/h1-7H. The summed E-state index contributed by atoms with van der Waals surface area (Å²) < 4.78 is 41.1. The lowest BCUT2D eigenvalue weighted by atomic mass is 10.1. The molecule has 5 heteroatoms. The van der Waals surface area contributed by atoms with E-state index in [9.17, 15) is 13.2 Å². The Kier molecular flexibility index (Phi) is 2.33. The van der Waals surface area contributed by atoms with E-state index in [1.54, 1.807) is 0 Å². The van der Waals surface area contributed by atoms with Crippen LogP contribution in [0.2, 0.25) is 0 Å². The van der Waals surface area contributed by atoms with Crippen molar-refractivity contribution in [3.05, 3.63) is 60.2 Å². The smallest absolute Gasteiger partial charge is 0.168 e. The highest BCUT2D eigenvalue weighted by Crippen LogP contribution is 2.24. The van der Waals surface area contributed by atoms with Crippen LogP contribution >= 0.6 is 0 Å². The van der Waals surface area contributed by atoms with Gasteiger partial charge in [-0.2, -0.15) is 0 Å². The normalized spacial score (nSPS) is 11.1. The Morgan fingerprint density at radius 1 is 0.944 bits per heavy atom. The number of hydrogen-bond acceptors (Lipinski definition) is 1. The van der Waals surface area contributed by atoms with Crippen molar-refractivity contribution in [2.75, 3.05) is 0 Å². The topological polar surface area (TPSA) is 17.3 Å². The van der Waals surface area contributed by atoms with Crippen molar-refractivity contribution < 1.29 is 13.2 Å². The first kappa shape index (κ1) is 10.8. The summed E-state index contributed by atoms with van der Waals surface area (Å²) in [5.41, 5.74) is 0.784. The number of benzene rings is 1. The molecule has 2 nitrogen and oxygen atoms in total. The van der Waals surface area contributed by atoms with Crippen molar-refractivity contribution in [1.82, 2.24) is 9.38 Å². The van der Waals surface area contributed by atoms with Crippen molar-refractivity contribution in [1.29, 1.82) is 0 Å². The molecule has 0 radical (unpaired) electrons. The third-order valence-corrected chi connectivity index (χ3v) is 2.64. The van der Waals surface area contributed by atoms with E-state index >= 15 is 0 Å². The molecule has 0 saturated carbocycles. The summed E-state index contributed by atoms with van der Waals surface area (Å²) >= 11 is 0. The SMILES string of the molecule is Fc1ccc2nc(-c3cccc(F)c3F)cn2c1. The largest absolute Gasteiger partial charge is 0.304 e. The molecule has 0 saturated heterocycles. The second-order valence-corrected chi connectivity index (χ2v) is 3.84. The minimum Gasteiger partial charge on any atom is -0.304 e. The van der Waals surface area contributed by atoms with E-state index < -0.39 is 17.5 Å². The summed E-state index contributed by atoms with van der Waals surface area (Å²) in [4.78, 5) is 4.12. The Hall–Kier alpha value is -2.30. The van der Waals surface area contributed by atoms with Crippen LogP contribution in [-0.4, -0.2) is 9.38 Å². The van der Waals surface area contributed by atoms with Crippen LogP contribution in [0.3, 0.4) is 0 Å². The fourth-order valence-electron chi connectivity index (χ4n) is 1.80. The highest BCUT2D eigenvalue weighted by atomic mass is 19.2. The van der Waals surface area contributed by atoms with Gasteiger partial charge in [-0.25, -0.2) is 18.2 Å². The lowest BCUT2D eigenvalue weighted by Gasteiger charge is -1.98. The van der Waals surface area contributed by atoms with E-state index in [1.807, 2.05) is 0 Å². The van der Waals surface area contributed by atoms with Gasteiger partial charge in [0, 0.05) is 18.0 Å². The Morgan fingerprint density at radius 2 is 1.78 bits per heavy atom. The van der Waals surface area contributed by atoms with Crippen molar-refractivity contribution in [2.45, 2.75) is 0 Å². The molecule has 2 aromatic heterocycles. The first-order valence-electron chi connectivity index (χ1n) is 5.24. The van der Waals surface area contributed by atoms with Gasteiger partial charge in [0.05, 0.1) is 5.69 Å². The maximum atomic E-state index is 13.6. The fourth-order valence-corrected chi connectivity index (χ4v) is 1.80. The van der Waals surface area contributed by atoms with Crippen LogP contribution in [0.1, 0.15) is 0 Å². The van der Waals surface area contributed by atoms with Crippen molar-refractivity contribution in [2.24, 2.45) is 0 Å². The van der Waals surface area contributed by atoms with Crippen molar-refractivity contribution in [3.8, 4) is 11.3 Å². The third-order valence-electron chi connectivity index (χ3n) is 2.64. The molecular formula is C13H7F3N2. The first-order valence-corrected chi connectivity index (χ1v) is 5.24. The van der Waals surface area contributed by atoms with Crippen LogP contribution in [0, 0.1) is 17.5 Å². The molecule has 18 heavy (non-hydrogen) atoms. The summed E-state index contributed by atoms with van der Waals surface area (Å²) in [7, 11) is 0. The van der Waals surface area contributed by atoms with Crippen LogP contribution in [0.4, 0.5) is 13.2 Å². The molecule has 0 bridgehead atoms. The van der Waals surface area contributed by atoms with Crippen LogP contribution in [0.15, 0.2) is 42.7 Å². The maximum Gasteiger partial charge on any atom is 0.168 e. The van der Waals surface area contributed by atoms with Gasteiger partial charge in [0.25, 0.3) is 0 Å². The van der Waals surface area contributed by atoms with E-state index in [1.165, 1.54) is 41.1 Å². The molecule has 0 aliphatic heterocycles. The zero-order valence-corrected chi connectivity index (χ0v) is 9.07. The lowest BCUT2D eigenvalue weighted by molar-refractivity contribution is 0.511. The third kappa shape index (κ3) is 1.64. The number of halogens is 3. The molecule has 0 amide bonds. The molecule has 1 aromatic carbocycles. The average Bonchev–Trinajstić information content (AvgIpc) is 2.75. The number of rotatable bonds is 1. The van der Waals surface area contributed by atoms with E-state index in [2.05, 4.69) is 4.98 Å². The maximum absolute atomic E-state index is 13.6. The number of imidazole rings is 1.